The highest BCUT2D eigenvalue weighted by atomic mass is 16.7. The molecule has 3 N–H and O–H groups in total. The van der Waals surface area contributed by atoms with Gasteiger partial charge in [-0.15, -0.1) is 0 Å². The van der Waals surface area contributed by atoms with Gasteiger partial charge in [-0.25, -0.2) is 0 Å². The van der Waals surface area contributed by atoms with Crippen LogP contribution in [0.5, 0.6) is 0 Å². The molecule has 0 aliphatic carbocycles. The van der Waals surface area contributed by atoms with Crippen LogP contribution in [-0.4, -0.2) is 12.1 Å². The van der Waals surface area contributed by atoms with Gasteiger partial charge in [0, 0.05) is 12.6 Å². The summed E-state index contributed by atoms with van der Waals surface area (Å²) in [7, 11) is 1.85. The van der Waals surface area contributed by atoms with Crippen molar-refractivity contribution in [3.63, 3.8) is 0 Å². The van der Waals surface area contributed by atoms with E-state index in [-0.39, 0.29) is 0 Å². The second-order valence-corrected chi connectivity index (χ2v) is 2.83. The maximum absolute atomic E-state index is 5.65. The van der Waals surface area contributed by atoms with E-state index in [0.717, 1.165) is 11.3 Å². The van der Waals surface area contributed by atoms with Crippen molar-refractivity contribution in [1.82, 2.24) is 10.6 Å². The Labute approximate surface area is 76.5 Å². The smallest absolute Gasteiger partial charge is 0.237 e. The largest absolute Gasteiger partial charge is 0.369 e. The first-order valence-corrected chi connectivity index (χ1v) is 4.00. The predicted octanol–water partition coefficient (Wildman–Crippen LogP) is 0.653. The van der Waals surface area contributed by atoms with Crippen LogP contribution in [0.1, 0.15) is 5.56 Å². The Morgan fingerprint density at radius 3 is 2.54 bits per heavy atom. The highest BCUT2D eigenvalue weighted by Gasteiger charge is 2.19. The van der Waals surface area contributed by atoms with Gasteiger partial charge < -0.3 is 10.6 Å². The molecule has 0 unspecified atom stereocenters. The predicted molar refractivity (Wildman–Crippen MR) is 49.5 cm³/mol. The number of hydrazine groups is 1. The summed E-state index contributed by atoms with van der Waals surface area (Å²) in [6, 6.07) is 9.84. The Hall–Kier alpha value is -1.68. The molecule has 0 bridgehead atoms. The minimum atomic E-state index is 0.397. The van der Waals surface area contributed by atoms with E-state index in [4.69, 9.17) is 10.6 Å². The van der Waals surface area contributed by atoms with Crippen LogP contribution in [0.4, 0.5) is 0 Å². The van der Waals surface area contributed by atoms with E-state index < -0.39 is 0 Å². The average molecular weight is 177 g/mol. The molecule has 0 fully saturated rings. The molecule has 13 heavy (non-hydrogen) atoms. The number of nitrogens with two attached hydrogens (primary N) is 1. The van der Waals surface area contributed by atoms with Crippen LogP contribution < -0.4 is 11.3 Å². The maximum Gasteiger partial charge on any atom is 0.237 e. The van der Waals surface area contributed by atoms with Crippen molar-refractivity contribution in [1.29, 1.82) is 0 Å². The number of nitrogens with zero attached hydrogens (tertiary/aromatic N) is 1. The number of hydrogen-bond donors (Lipinski definition) is 2. The summed E-state index contributed by atoms with van der Waals surface area (Å²) in [6.07, 6.45) is 0. The number of benzene rings is 1. The summed E-state index contributed by atoms with van der Waals surface area (Å²) in [4.78, 5) is 4.97. The van der Waals surface area contributed by atoms with Gasteiger partial charge in [-0.3, -0.25) is 5.01 Å². The van der Waals surface area contributed by atoms with Crippen molar-refractivity contribution in [3.05, 3.63) is 41.8 Å². The van der Waals surface area contributed by atoms with Crippen molar-refractivity contribution in [3.8, 4) is 0 Å². The average Bonchev–Trinajstić information content (AvgIpc) is 2.48. The molecule has 4 heteroatoms. The summed E-state index contributed by atoms with van der Waals surface area (Å²) in [5.74, 6) is 0.397. The fraction of sp³-hybridized carbons (Fsp3) is 0.111. The number of hydrogen-bond acceptors (Lipinski definition) is 4. The highest BCUT2D eigenvalue weighted by Crippen LogP contribution is 2.22. The summed E-state index contributed by atoms with van der Waals surface area (Å²) in [5, 5.41) is 1.74. The lowest BCUT2D eigenvalue weighted by atomic mass is 10.1. The first-order chi connectivity index (χ1) is 6.29. The van der Waals surface area contributed by atoms with Gasteiger partial charge in [0.05, 0.1) is 0 Å². The zero-order chi connectivity index (χ0) is 9.26. The Bertz CT molecular complexity index is 334. The molecule has 4 nitrogen and oxygen atoms in total. The van der Waals surface area contributed by atoms with Gasteiger partial charge in [0.1, 0.15) is 5.70 Å². The molecular weight excluding hydrogens is 166 g/mol. The third-order valence-corrected chi connectivity index (χ3v) is 1.91. The van der Waals surface area contributed by atoms with Crippen molar-refractivity contribution in [2.75, 3.05) is 7.05 Å². The molecule has 1 aliphatic heterocycles. The van der Waals surface area contributed by atoms with Crippen LogP contribution in [0.25, 0.3) is 5.70 Å². The van der Waals surface area contributed by atoms with Crippen LogP contribution in [0.15, 0.2) is 36.2 Å². The van der Waals surface area contributed by atoms with E-state index in [1.807, 2.05) is 37.4 Å². The van der Waals surface area contributed by atoms with E-state index >= 15 is 0 Å². The maximum atomic E-state index is 5.65. The van der Waals surface area contributed by atoms with E-state index in [9.17, 15) is 0 Å². The fourth-order valence-electron chi connectivity index (χ4n) is 1.31. The van der Waals surface area contributed by atoms with Crippen molar-refractivity contribution in [2.24, 2.45) is 5.73 Å². The molecule has 0 saturated carbocycles. The Morgan fingerprint density at radius 1 is 1.31 bits per heavy atom. The molecule has 0 aromatic heterocycles. The molecule has 1 aromatic rings. The van der Waals surface area contributed by atoms with Gasteiger partial charge in [0.2, 0.25) is 5.88 Å². The second-order valence-electron chi connectivity index (χ2n) is 2.83. The van der Waals surface area contributed by atoms with Crippen molar-refractivity contribution < 1.29 is 4.84 Å². The van der Waals surface area contributed by atoms with Gasteiger partial charge >= 0.3 is 0 Å². The molecule has 0 atom stereocenters. The first kappa shape index (κ1) is 7.94. The lowest BCUT2D eigenvalue weighted by molar-refractivity contribution is 0.0374. The SMILES string of the molecule is CN1NOC(N)=C1c1ccccc1. The zero-order valence-corrected chi connectivity index (χ0v) is 7.32. The molecular formula is C9H11N3O. The fourth-order valence-corrected chi connectivity index (χ4v) is 1.31. The number of rotatable bonds is 1. The third kappa shape index (κ3) is 1.31. The second kappa shape index (κ2) is 2.99. The molecule has 68 valence electrons. The molecule has 0 amide bonds. The van der Waals surface area contributed by atoms with Crippen LogP contribution in [0, 0.1) is 0 Å². The van der Waals surface area contributed by atoms with Gasteiger partial charge in [0.25, 0.3) is 0 Å². The van der Waals surface area contributed by atoms with Crippen LogP contribution >= 0.6 is 0 Å². The lowest BCUT2D eigenvalue weighted by Crippen LogP contribution is -2.25. The van der Waals surface area contributed by atoms with Gasteiger partial charge in [-0.1, -0.05) is 35.9 Å². The molecule has 0 radical (unpaired) electrons. The molecule has 1 heterocycles. The Kier molecular flexibility index (Phi) is 1.83. The van der Waals surface area contributed by atoms with Gasteiger partial charge in [0.15, 0.2) is 0 Å². The van der Waals surface area contributed by atoms with Crippen molar-refractivity contribution >= 4 is 5.70 Å². The highest BCUT2D eigenvalue weighted by molar-refractivity contribution is 5.65. The molecule has 1 aliphatic rings. The standard InChI is InChI=1S/C9H11N3O/c1-12-8(9(10)13-11-12)7-5-3-2-4-6-7/h2-6,11H,10H2,1H3. The van der Waals surface area contributed by atoms with E-state index in [0.29, 0.717) is 5.88 Å². The number of nitrogens with one attached hydrogen (secondary N) is 1. The van der Waals surface area contributed by atoms with Crippen LogP contribution in [0.3, 0.4) is 0 Å². The van der Waals surface area contributed by atoms with Gasteiger partial charge in [-0.05, 0) is 0 Å². The van der Waals surface area contributed by atoms with E-state index in [1.54, 1.807) is 5.01 Å². The lowest BCUT2D eigenvalue weighted by Gasteiger charge is -2.11. The Morgan fingerprint density at radius 2 is 2.00 bits per heavy atom. The normalized spacial score (nSPS) is 16.2. The summed E-state index contributed by atoms with van der Waals surface area (Å²) in [5.41, 5.74) is 10.2. The van der Waals surface area contributed by atoms with E-state index in [2.05, 4.69) is 5.59 Å². The summed E-state index contributed by atoms with van der Waals surface area (Å²) >= 11 is 0. The monoisotopic (exact) mass is 177 g/mol. The first-order valence-electron chi connectivity index (χ1n) is 4.00. The summed E-state index contributed by atoms with van der Waals surface area (Å²) in [6.45, 7) is 0. The van der Waals surface area contributed by atoms with Crippen LogP contribution in [0.2, 0.25) is 0 Å². The minimum Gasteiger partial charge on any atom is -0.369 e. The van der Waals surface area contributed by atoms with Crippen molar-refractivity contribution in [2.45, 2.75) is 0 Å². The topological polar surface area (TPSA) is 50.5 Å². The zero-order valence-electron chi connectivity index (χ0n) is 7.32. The van der Waals surface area contributed by atoms with Gasteiger partial charge in [-0.2, -0.15) is 0 Å². The molecule has 0 spiro atoms. The van der Waals surface area contributed by atoms with Crippen LogP contribution in [-0.2, 0) is 4.84 Å². The molecule has 2 rings (SSSR count). The minimum absolute atomic E-state index is 0.397. The van der Waals surface area contributed by atoms with E-state index in [1.165, 1.54) is 0 Å². The Balaban J connectivity index is 2.41. The molecule has 1 aromatic carbocycles. The third-order valence-electron chi connectivity index (χ3n) is 1.91. The molecule has 0 saturated heterocycles. The summed E-state index contributed by atoms with van der Waals surface area (Å²) < 4.78 is 0. The quantitative estimate of drug-likeness (QED) is 0.661.